The molecule has 2 rings (SSSR count). The van der Waals surface area contributed by atoms with Crippen molar-refractivity contribution in [2.24, 2.45) is 0 Å². The second kappa shape index (κ2) is 9.29. The fourth-order valence-electron chi connectivity index (χ4n) is 3.15. The Hall–Kier alpha value is -0.980. The van der Waals surface area contributed by atoms with Gasteiger partial charge in [0.25, 0.3) is 0 Å². The first-order chi connectivity index (χ1) is 12.3. The predicted octanol–water partition coefficient (Wildman–Crippen LogP) is 3.63. The Morgan fingerprint density at radius 1 is 1.04 bits per heavy atom. The molecule has 1 fully saturated rings. The molecule has 1 atom stereocenters. The molecule has 0 bridgehead atoms. The Morgan fingerprint density at radius 2 is 1.69 bits per heavy atom. The van der Waals surface area contributed by atoms with Gasteiger partial charge in [0.05, 0.1) is 31.0 Å². The first kappa shape index (κ1) is 21.3. The van der Waals surface area contributed by atoms with Crippen molar-refractivity contribution < 1.29 is 24.4 Å². The standard InChI is InChI=1S/C21H34O5/c1-20(2,26-19-7-5-6-9-24-19)8-10-25-21(3,4)18-12-16(14-22)11-17(13-18)15-23/h11-13,19,22-23H,5-10,14-15H2,1-4H3. The molecule has 2 N–H and O–H groups in total. The van der Waals surface area contributed by atoms with Crippen molar-refractivity contribution in [2.75, 3.05) is 13.2 Å². The number of hydrogen-bond acceptors (Lipinski definition) is 5. The van der Waals surface area contributed by atoms with Gasteiger partial charge in [0.2, 0.25) is 0 Å². The van der Waals surface area contributed by atoms with Gasteiger partial charge >= 0.3 is 0 Å². The van der Waals surface area contributed by atoms with E-state index in [-0.39, 0.29) is 25.1 Å². The molecule has 0 amide bonds. The molecular formula is C21H34O5. The van der Waals surface area contributed by atoms with Crippen molar-refractivity contribution in [1.29, 1.82) is 0 Å². The number of ether oxygens (including phenoxy) is 3. The molecule has 1 aliphatic rings. The Kier molecular flexibility index (Phi) is 7.62. The Bertz CT molecular complexity index is 539. The predicted molar refractivity (Wildman–Crippen MR) is 101 cm³/mol. The van der Waals surface area contributed by atoms with E-state index in [0.29, 0.717) is 6.61 Å². The van der Waals surface area contributed by atoms with E-state index in [1.807, 2.05) is 26.0 Å². The summed E-state index contributed by atoms with van der Waals surface area (Å²) < 4.78 is 17.9. The molecule has 148 valence electrons. The normalized spacial score (nSPS) is 18.9. The Morgan fingerprint density at radius 3 is 2.23 bits per heavy atom. The maximum Gasteiger partial charge on any atom is 0.158 e. The van der Waals surface area contributed by atoms with Gasteiger partial charge in [0.1, 0.15) is 0 Å². The summed E-state index contributed by atoms with van der Waals surface area (Å²) in [6.45, 7) is 9.35. The van der Waals surface area contributed by atoms with Gasteiger partial charge in [-0.15, -0.1) is 0 Å². The van der Waals surface area contributed by atoms with E-state index >= 15 is 0 Å². The second-order valence-corrected chi connectivity index (χ2v) is 8.14. The van der Waals surface area contributed by atoms with Crippen LogP contribution in [0.1, 0.15) is 70.1 Å². The average molecular weight is 366 g/mol. The molecule has 0 saturated carbocycles. The maximum atomic E-state index is 9.44. The van der Waals surface area contributed by atoms with Crippen molar-refractivity contribution in [3.05, 3.63) is 34.9 Å². The number of benzene rings is 1. The lowest BCUT2D eigenvalue weighted by molar-refractivity contribution is -0.220. The van der Waals surface area contributed by atoms with Crippen LogP contribution >= 0.6 is 0 Å². The van der Waals surface area contributed by atoms with Gasteiger partial charge < -0.3 is 24.4 Å². The van der Waals surface area contributed by atoms with Gasteiger partial charge in [-0.05, 0) is 70.1 Å². The Balaban J connectivity index is 1.92. The molecule has 1 aliphatic heterocycles. The van der Waals surface area contributed by atoms with Crippen molar-refractivity contribution in [3.8, 4) is 0 Å². The summed E-state index contributed by atoms with van der Waals surface area (Å²) in [5, 5.41) is 18.9. The quantitative estimate of drug-likeness (QED) is 0.698. The van der Waals surface area contributed by atoms with Gasteiger partial charge in [-0.2, -0.15) is 0 Å². The molecule has 1 aromatic carbocycles. The van der Waals surface area contributed by atoms with Crippen LogP contribution in [-0.4, -0.2) is 35.3 Å². The van der Waals surface area contributed by atoms with Gasteiger partial charge in [-0.1, -0.05) is 18.2 Å². The van der Waals surface area contributed by atoms with Crippen LogP contribution in [0.2, 0.25) is 0 Å². The summed E-state index contributed by atoms with van der Waals surface area (Å²) in [4.78, 5) is 0. The third-order valence-corrected chi connectivity index (χ3v) is 4.87. The van der Waals surface area contributed by atoms with E-state index in [0.717, 1.165) is 49.0 Å². The van der Waals surface area contributed by atoms with Crippen LogP contribution in [0.15, 0.2) is 18.2 Å². The molecule has 1 saturated heterocycles. The minimum atomic E-state index is -0.521. The Labute approximate surface area is 157 Å². The average Bonchev–Trinajstić information content (AvgIpc) is 2.61. The zero-order valence-corrected chi connectivity index (χ0v) is 16.6. The fraction of sp³-hybridized carbons (Fsp3) is 0.714. The van der Waals surface area contributed by atoms with Gasteiger partial charge in [0.15, 0.2) is 6.29 Å². The fourth-order valence-corrected chi connectivity index (χ4v) is 3.15. The first-order valence-corrected chi connectivity index (χ1v) is 9.54. The summed E-state index contributed by atoms with van der Waals surface area (Å²) in [7, 11) is 0. The highest BCUT2D eigenvalue weighted by Gasteiger charge is 2.28. The number of aliphatic hydroxyl groups is 2. The van der Waals surface area contributed by atoms with Crippen LogP contribution in [0.4, 0.5) is 0 Å². The molecule has 5 heteroatoms. The van der Waals surface area contributed by atoms with Gasteiger partial charge in [0, 0.05) is 6.61 Å². The summed E-state index contributed by atoms with van der Waals surface area (Å²) >= 11 is 0. The van der Waals surface area contributed by atoms with E-state index in [2.05, 4.69) is 13.8 Å². The highest BCUT2D eigenvalue weighted by molar-refractivity contribution is 5.32. The number of hydrogen-bond donors (Lipinski definition) is 2. The molecule has 1 heterocycles. The molecule has 0 aromatic heterocycles. The van der Waals surface area contributed by atoms with Crippen molar-refractivity contribution in [3.63, 3.8) is 0 Å². The van der Waals surface area contributed by atoms with E-state index in [4.69, 9.17) is 14.2 Å². The molecule has 0 aliphatic carbocycles. The molecule has 0 radical (unpaired) electrons. The van der Waals surface area contributed by atoms with Gasteiger partial charge in [-0.3, -0.25) is 0 Å². The van der Waals surface area contributed by atoms with Gasteiger partial charge in [-0.25, -0.2) is 0 Å². The molecular weight excluding hydrogens is 332 g/mol. The summed E-state index contributed by atoms with van der Waals surface area (Å²) in [5.74, 6) is 0. The molecule has 5 nitrogen and oxygen atoms in total. The third-order valence-electron chi connectivity index (χ3n) is 4.87. The zero-order valence-electron chi connectivity index (χ0n) is 16.6. The lowest BCUT2D eigenvalue weighted by Crippen LogP contribution is -2.36. The summed E-state index contributed by atoms with van der Waals surface area (Å²) in [5.41, 5.74) is 1.67. The monoisotopic (exact) mass is 366 g/mol. The number of aliphatic hydroxyl groups excluding tert-OH is 2. The van der Waals surface area contributed by atoms with Crippen LogP contribution in [-0.2, 0) is 33.0 Å². The molecule has 0 spiro atoms. The highest BCUT2D eigenvalue weighted by atomic mass is 16.7. The van der Waals surface area contributed by atoms with Crippen LogP contribution in [0, 0.1) is 0 Å². The lowest BCUT2D eigenvalue weighted by atomic mass is 9.93. The minimum absolute atomic E-state index is 0.0564. The summed E-state index contributed by atoms with van der Waals surface area (Å²) in [6, 6.07) is 5.66. The minimum Gasteiger partial charge on any atom is -0.392 e. The molecule has 26 heavy (non-hydrogen) atoms. The van der Waals surface area contributed by atoms with Crippen LogP contribution < -0.4 is 0 Å². The lowest BCUT2D eigenvalue weighted by Gasteiger charge is -2.34. The SMILES string of the molecule is CC(C)(CCOC(C)(C)c1cc(CO)cc(CO)c1)OC1CCCCO1. The van der Waals surface area contributed by atoms with E-state index in [1.165, 1.54) is 0 Å². The van der Waals surface area contributed by atoms with Crippen molar-refractivity contribution >= 4 is 0 Å². The van der Waals surface area contributed by atoms with E-state index < -0.39 is 5.60 Å². The maximum absolute atomic E-state index is 9.44. The van der Waals surface area contributed by atoms with Crippen LogP contribution in [0.5, 0.6) is 0 Å². The summed E-state index contributed by atoms with van der Waals surface area (Å²) in [6.07, 6.45) is 3.86. The van der Waals surface area contributed by atoms with Crippen LogP contribution in [0.25, 0.3) is 0 Å². The third kappa shape index (κ3) is 6.32. The molecule has 1 aromatic rings. The van der Waals surface area contributed by atoms with Crippen molar-refractivity contribution in [2.45, 2.75) is 84.1 Å². The van der Waals surface area contributed by atoms with Crippen molar-refractivity contribution in [1.82, 2.24) is 0 Å². The highest BCUT2D eigenvalue weighted by Crippen LogP contribution is 2.29. The smallest absolute Gasteiger partial charge is 0.158 e. The topological polar surface area (TPSA) is 68.2 Å². The first-order valence-electron chi connectivity index (χ1n) is 9.54. The molecule has 1 unspecified atom stereocenters. The number of rotatable bonds is 9. The van der Waals surface area contributed by atoms with E-state index in [1.54, 1.807) is 6.07 Å². The second-order valence-electron chi connectivity index (χ2n) is 8.14. The zero-order chi connectivity index (χ0) is 19.2. The largest absolute Gasteiger partial charge is 0.392 e. The van der Waals surface area contributed by atoms with Crippen LogP contribution in [0.3, 0.4) is 0 Å². The van der Waals surface area contributed by atoms with E-state index in [9.17, 15) is 10.2 Å².